The Hall–Kier alpha value is -2.82. The zero-order chi connectivity index (χ0) is 21.0. The van der Waals surface area contributed by atoms with Crippen LogP contribution >= 0.6 is 0 Å². The van der Waals surface area contributed by atoms with Crippen molar-refractivity contribution in [3.8, 4) is 5.75 Å². The molecule has 5 nitrogen and oxygen atoms in total. The lowest BCUT2D eigenvalue weighted by atomic mass is 9.51. The lowest BCUT2D eigenvalue weighted by Gasteiger charge is -2.60. The second-order valence-corrected chi connectivity index (χ2v) is 9.08. The van der Waals surface area contributed by atoms with Gasteiger partial charge in [-0.3, -0.25) is 9.59 Å². The van der Waals surface area contributed by atoms with Crippen LogP contribution in [-0.4, -0.2) is 34.4 Å². The average Bonchev–Trinajstić information content (AvgIpc) is 2.65. The molecule has 4 rings (SSSR count). The number of amides is 2. The topological polar surface area (TPSA) is 69.6 Å². The van der Waals surface area contributed by atoms with Gasteiger partial charge >= 0.3 is 0 Å². The highest BCUT2D eigenvalue weighted by Gasteiger charge is 2.57. The van der Waals surface area contributed by atoms with Crippen LogP contribution in [0.5, 0.6) is 5.75 Å². The molecule has 0 saturated carbocycles. The summed E-state index contributed by atoms with van der Waals surface area (Å²) in [6.07, 6.45) is 1.50. The molecule has 2 aromatic rings. The van der Waals surface area contributed by atoms with Gasteiger partial charge in [0.1, 0.15) is 5.75 Å². The normalized spacial score (nSPS) is 24.6. The smallest absolute Gasteiger partial charge is 0.254 e. The highest BCUT2D eigenvalue weighted by atomic mass is 16.3. The molecule has 1 aliphatic carbocycles. The molecule has 2 bridgehead atoms. The second kappa shape index (κ2) is 6.61. The van der Waals surface area contributed by atoms with Crippen molar-refractivity contribution in [2.45, 2.75) is 52.0 Å². The van der Waals surface area contributed by atoms with Crippen molar-refractivity contribution in [3.63, 3.8) is 0 Å². The summed E-state index contributed by atoms with van der Waals surface area (Å²) < 4.78 is 0. The van der Waals surface area contributed by atoms with Crippen LogP contribution in [0.3, 0.4) is 0 Å². The third kappa shape index (κ3) is 2.91. The van der Waals surface area contributed by atoms with Crippen LogP contribution in [0, 0.1) is 5.41 Å². The van der Waals surface area contributed by atoms with E-state index in [1.165, 1.54) is 12.5 Å². The average molecular weight is 392 g/mol. The van der Waals surface area contributed by atoms with E-state index >= 15 is 0 Å². The summed E-state index contributed by atoms with van der Waals surface area (Å²) in [7, 11) is 0. The largest absolute Gasteiger partial charge is 0.508 e. The van der Waals surface area contributed by atoms with Crippen molar-refractivity contribution in [1.82, 2.24) is 4.90 Å². The van der Waals surface area contributed by atoms with E-state index in [1.54, 1.807) is 30.3 Å². The molecule has 1 fully saturated rings. The minimum atomic E-state index is -0.137. The Balaban J connectivity index is 1.68. The molecule has 2 N–H and O–H groups in total. The number of hydrogen-bond acceptors (Lipinski definition) is 3. The number of nitrogens with zero attached hydrogens (tertiary/aromatic N) is 1. The van der Waals surface area contributed by atoms with Gasteiger partial charge in [-0.15, -0.1) is 0 Å². The van der Waals surface area contributed by atoms with Crippen molar-refractivity contribution < 1.29 is 14.7 Å². The van der Waals surface area contributed by atoms with Gasteiger partial charge in [0.25, 0.3) is 5.91 Å². The zero-order valence-electron chi connectivity index (χ0n) is 17.5. The number of benzene rings is 2. The Kier molecular flexibility index (Phi) is 4.45. The third-order valence-electron chi connectivity index (χ3n) is 7.34. The van der Waals surface area contributed by atoms with Crippen LogP contribution in [0.2, 0.25) is 0 Å². The summed E-state index contributed by atoms with van der Waals surface area (Å²) in [5.41, 5.74) is 3.25. The molecule has 1 saturated heterocycles. The van der Waals surface area contributed by atoms with E-state index in [9.17, 15) is 14.7 Å². The monoisotopic (exact) mass is 392 g/mol. The Morgan fingerprint density at radius 3 is 2.45 bits per heavy atom. The fourth-order valence-corrected chi connectivity index (χ4v) is 5.23. The Bertz CT molecular complexity index is 980. The first-order chi connectivity index (χ1) is 13.6. The first-order valence-electron chi connectivity index (χ1n) is 10.1. The van der Waals surface area contributed by atoms with Crippen molar-refractivity contribution >= 4 is 17.5 Å². The number of hydrogen-bond donors (Lipinski definition) is 2. The maximum absolute atomic E-state index is 13.4. The number of anilines is 1. The summed E-state index contributed by atoms with van der Waals surface area (Å²) in [6.45, 7) is 8.89. The highest BCUT2D eigenvalue weighted by Crippen LogP contribution is 2.57. The van der Waals surface area contributed by atoms with Gasteiger partial charge in [-0.2, -0.15) is 0 Å². The number of carbonyl (C=O) groups excluding carboxylic acids is 2. The highest BCUT2D eigenvalue weighted by molar-refractivity contribution is 5.96. The molecular formula is C24H28N2O3. The molecule has 1 heterocycles. The van der Waals surface area contributed by atoms with Gasteiger partial charge in [0.15, 0.2) is 0 Å². The summed E-state index contributed by atoms with van der Waals surface area (Å²) >= 11 is 0. The van der Waals surface area contributed by atoms with E-state index < -0.39 is 0 Å². The number of piperidine rings is 1. The number of rotatable bonds is 2. The second-order valence-electron chi connectivity index (χ2n) is 9.08. The fourth-order valence-electron chi connectivity index (χ4n) is 5.23. The zero-order valence-corrected chi connectivity index (χ0v) is 17.5. The Morgan fingerprint density at radius 1 is 1.10 bits per heavy atom. The quantitative estimate of drug-likeness (QED) is 0.808. The van der Waals surface area contributed by atoms with E-state index in [0.717, 1.165) is 12.0 Å². The van der Waals surface area contributed by atoms with Crippen molar-refractivity contribution in [1.29, 1.82) is 0 Å². The minimum absolute atomic E-state index is 0.00151. The van der Waals surface area contributed by atoms with Crippen LogP contribution in [0.15, 0.2) is 42.5 Å². The first-order valence-corrected chi connectivity index (χ1v) is 10.1. The van der Waals surface area contributed by atoms with Gasteiger partial charge in [-0.05, 0) is 59.7 Å². The molecule has 0 spiro atoms. The van der Waals surface area contributed by atoms with E-state index in [0.29, 0.717) is 30.0 Å². The molecule has 2 amide bonds. The summed E-state index contributed by atoms with van der Waals surface area (Å²) in [6, 6.07) is 12.8. The van der Waals surface area contributed by atoms with E-state index in [-0.39, 0.29) is 28.7 Å². The number of aromatic hydroxyl groups is 1. The Labute approximate surface area is 171 Å². The van der Waals surface area contributed by atoms with E-state index in [2.05, 4.69) is 32.2 Å². The summed E-state index contributed by atoms with van der Waals surface area (Å²) in [4.78, 5) is 26.6. The summed E-state index contributed by atoms with van der Waals surface area (Å²) in [5.74, 6) is 0.184. The molecule has 0 unspecified atom stereocenters. The van der Waals surface area contributed by atoms with Gasteiger partial charge in [0, 0.05) is 36.2 Å². The lowest BCUT2D eigenvalue weighted by molar-refractivity contribution is -0.114. The molecule has 2 aliphatic rings. The number of fused-ring (bicyclic) bond motifs is 4. The van der Waals surface area contributed by atoms with Gasteiger partial charge in [-0.1, -0.05) is 32.9 Å². The molecule has 0 aromatic heterocycles. The van der Waals surface area contributed by atoms with Crippen LogP contribution in [-0.2, 0) is 16.6 Å². The number of likely N-dealkylation sites (tertiary alicyclic amines) is 1. The van der Waals surface area contributed by atoms with Crippen LogP contribution in [0.1, 0.15) is 55.6 Å². The van der Waals surface area contributed by atoms with Crippen molar-refractivity contribution in [2.24, 2.45) is 5.41 Å². The predicted octanol–water partition coefficient (Wildman–Crippen LogP) is 4.11. The number of nitrogens with one attached hydrogen (secondary N) is 1. The third-order valence-corrected chi connectivity index (χ3v) is 7.34. The number of phenols is 1. The van der Waals surface area contributed by atoms with Crippen molar-refractivity contribution in [3.05, 3.63) is 59.2 Å². The fraction of sp³-hybridized carbons (Fsp3) is 0.417. The van der Waals surface area contributed by atoms with E-state index in [4.69, 9.17) is 0 Å². The maximum atomic E-state index is 13.4. The molecule has 5 heteroatoms. The van der Waals surface area contributed by atoms with Crippen LogP contribution in [0.25, 0.3) is 0 Å². The molecule has 2 atom stereocenters. The van der Waals surface area contributed by atoms with Crippen molar-refractivity contribution in [2.75, 3.05) is 11.9 Å². The molecular weight excluding hydrogens is 364 g/mol. The molecule has 2 aromatic carbocycles. The molecule has 29 heavy (non-hydrogen) atoms. The molecule has 152 valence electrons. The predicted molar refractivity (Wildman–Crippen MR) is 113 cm³/mol. The standard InChI is InChI=1S/C24H28N2O3/c1-15(27)25-17-10-8-16(9-11-17)22(29)26-13-12-24(4)19-6-5-7-20(28)18(19)14-21(26)23(24,2)3/h5-11,21,28H,12-14H2,1-4H3,(H,25,27)/t21-,24+/m1/s1. The lowest BCUT2D eigenvalue weighted by Crippen LogP contribution is -2.64. The van der Waals surface area contributed by atoms with E-state index in [1.807, 2.05) is 11.0 Å². The molecule has 0 radical (unpaired) electrons. The summed E-state index contributed by atoms with van der Waals surface area (Å²) in [5, 5.41) is 13.2. The SMILES string of the molecule is CC(=O)Nc1ccc(C(=O)N2CC[C@@]3(C)c4cccc(O)c4C[C@@H]2C3(C)C)cc1. The van der Waals surface area contributed by atoms with Gasteiger partial charge in [0.05, 0.1) is 0 Å². The van der Waals surface area contributed by atoms with Crippen LogP contribution < -0.4 is 5.32 Å². The van der Waals surface area contributed by atoms with Gasteiger partial charge in [-0.25, -0.2) is 0 Å². The molecule has 1 aliphatic heterocycles. The Morgan fingerprint density at radius 2 is 1.79 bits per heavy atom. The number of carbonyl (C=O) groups is 2. The maximum Gasteiger partial charge on any atom is 0.254 e. The number of phenolic OH excluding ortho intramolecular Hbond substituents is 1. The minimum Gasteiger partial charge on any atom is -0.508 e. The van der Waals surface area contributed by atoms with Gasteiger partial charge in [0.2, 0.25) is 5.91 Å². The van der Waals surface area contributed by atoms with Gasteiger partial charge < -0.3 is 15.3 Å². The van der Waals surface area contributed by atoms with Crippen LogP contribution in [0.4, 0.5) is 5.69 Å². The first kappa shape index (κ1) is 19.5.